The Balaban J connectivity index is 2.51. The first-order chi connectivity index (χ1) is 7.65. The molecule has 0 spiro atoms. The van der Waals surface area contributed by atoms with E-state index in [4.69, 9.17) is 10.5 Å². The fourth-order valence-corrected chi connectivity index (χ4v) is 3.26. The van der Waals surface area contributed by atoms with Crippen LogP contribution in [0.15, 0.2) is 17.0 Å². The number of rotatable bonds is 1. The molecule has 2 N–H and O–H groups in total. The Morgan fingerprint density at radius 3 is 3.00 bits per heavy atom. The summed E-state index contributed by atoms with van der Waals surface area (Å²) in [6.07, 6.45) is 0.995. The first-order valence-electron chi connectivity index (χ1n) is 5.25. The molecule has 1 heterocycles. The summed E-state index contributed by atoms with van der Waals surface area (Å²) in [5, 5.41) is 0. The number of methoxy groups -OCH3 is 1. The first-order valence-corrected chi connectivity index (χ1v) is 6.24. The summed E-state index contributed by atoms with van der Waals surface area (Å²) in [5.41, 5.74) is 8.83. The molecule has 0 saturated carbocycles. The van der Waals surface area contributed by atoms with Crippen LogP contribution in [0, 0.1) is 6.92 Å². The largest absolute Gasteiger partial charge is 0.465 e. The van der Waals surface area contributed by atoms with Crippen molar-refractivity contribution >= 4 is 17.7 Å². The third-order valence-electron chi connectivity index (χ3n) is 2.92. The number of carbonyl (C=O) groups is 1. The zero-order valence-electron chi connectivity index (χ0n) is 9.45. The van der Waals surface area contributed by atoms with Gasteiger partial charge in [-0.15, -0.1) is 11.8 Å². The Bertz CT molecular complexity index is 431. The monoisotopic (exact) mass is 237 g/mol. The maximum atomic E-state index is 11.5. The molecule has 0 amide bonds. The number of nitrogens with two attached hydrogens (primary N) is 1. The highest BCUT2D eigenvalue weighted by Crippen LogP contribution is 2.38. The van der Waals surface area contributed by atoms with E-state index in [1.807, 2.05) is 19.1 Å². The third kappa shape index (κ3) is 1.83. The van der Waals surface area contributed by atoms with Crippen molar-refractivity contribution < 1.29 is 9.53 Å². The van der Waals surface area contributed by atoms with Crippen molar-refractivity contribution in [2.24, 2.45) is 5.73 Å². The van der Waals surface area contributed by atoms with Gasteiger partial charge in [0.1, 0.15) is 0 Å². The number of ether oxygens (including phenoxy) is 1. The number of hydrogen-bond donors (Lipinski definition) is 1. The Morgan fingerprint density at radius 1 is 1.56 bits per heavy atom. The summed E-state index contributed by atoms with van der Waals surface area (Å²) >= 11 is 1.77. The normalized spacial score (nSPS) is 19.1. The van der Waals surface area contributed by atoms with Crippen molar-refractivity contribution in [2.45, 2.75) is 24.3 Å². The maximum Gasteiger partial charge on any atom is 0.338 e. The summed E-state index contributed by atoms with van der Waals surface area (Å²) in [7, 11) is 1.40. The smallest absolute Gasteiger partial charge is 0.338 e. The van der Waals surface area contributed by atoms with Crippen molar-refractivity contribution in [3.63, 3.8) is 0 Å². The van der Waals surface area contributed by atoms with Crippen molar-refractivity contribution in [3.05, 3.63) is 28.8 Å². The minimum atomic E-state index is -0.278. The molecule has 1 aliphatic rings. The predicted octanol–water partition coefficient (Wildman–Crippen LogP) is 2.28. The van der Waals surface area contributed by atoms with Gasteiger partial charge in [0.15, 0.2) is 0 Å². The summed E-state index contributed by atoms with van der Waals surface area (Å²) < 4.78 is 4.76. The van der Waals surface area contributed by atoms with Crippen LogP contribution in [0.2, 0.25) is 0 Å². The zero-order valence-corrected chi connectivity index (χ0v) is 10.3. The van der Waals surface area contributed by atoms with Gasteiger partial charge >= 0.3 is 5.97 Å². The van der Waals surface area contributed by atoms with Crippen LogP contribution < -0.4 is 5.73 Å². The summed E-state index contributed by atoms with van der Waals surface area (Å²) in [4.78, 5) is 12.7. The SMILES string of the molecule is COC(=O)c1ccc2c(c1C)SCCC2N. The topological polar surface area (TPSA) is 52.3 Å². The molecule has 0 fully saturated rings. The Labute approximate surface area is 99.4 Å². The van der Waals surface area contributed by atoms with Crippen LogP contribution in [-0.4, -0.2) is 18.8 Å². The summed E-state index contributed by atoms with van der Waals surface area (Å²) in [5.74, 6) is 0.736. The van der Waals surface area contributed by atoms with Gasteiger partial charge in [-0.3, -0.25) is 0 Å². The van der Waals surface area contributed by atoms with E-state index >= 15 is 0 Å². The van der Waals surface area contributed by atoms with Gasteiger partial charge < -0.3 is 10.5 Å². The molecular formula is C12H15NO2S. The Morgan fingerprint density at radius 2 is 2.31 bits per heavy atom. The Kier molecular flexibility index (Phi) is 3.21. The van der Waals surface area contributed by atoms with E-state index < -0.39 is 0 Å². The summed E-state index contributed by atoms with van der Waals surface area (Å²) in [6, 6.07) is 3.86. The van der Waals surface area contributed by atoms with Gasteiger partial charge in [0.25, 0.3) is 0 Å². The Hall–Kier alpha value is -1.00. The molecule has 1 unspecified atom stereocenters. The van der Waals surface area contributed by atoms with Crippen LogP contribution >= 0.6 is 11.8 Å². The van der Waals surface area contributed by atoms with Crippen molar-refractivity contribution in [1.29, 1.82) is 0 Å². The predicted molar refractivity (Wildman–Crippen MR) is 64.8 cm³/mol. The van der Waals surface area contributed by atoms with Crippen LogP contribution in [0.5, 0.6) is 0 Å². The molecule has 0 aliphatic carbocycles. The van der Waals surface area contributed by atoms with E-state index in [-0.39, 0.29) is 12.0 Å². The van der Waals surface area contributed by atoms with E-state index in [1.54, 1.807) is 11.8 Å². The quantitative estimate of drug-likeness (QED) is 0.761. The van der Waals surface area contributed by atoms with Gasteiger partial charge in [-0.2, -0.15) is 0 Å². The highest BCUT2D eigenvalue weighted by atomic mass is 32.2. The van der Waals surface area contributed by atoms with Crippen molar-refractivity contribution in [3.8, 4) is 0 Å². The van der Waals surface area contributed by atoms with Gasteiger partial charge in [-0.05, 0) is 36.3 Å². The molecule has 0 saturated heterocycles. The molecule has 0 radical (unpaired) electrons. The van der Waals surface area contributed by atoms with Gasteiger partial charge in [0.2, 0.25) is 0 Å². The lowest BCUT2D eigenvalue weighted by atomic mass is 9.98. The lowest BCUT2D eigenvalue weighted by Gasteiger charge is -2.24. The highest BCUT2D eigenvalue weighted by Gasteiger charge is 2.22. The van der Waals surface area contributed by atoms with Gasteiger partial charge in [0, 0.05) is 10.9 Å². The molecule has 1 atom stereocenters. The molecule has 2 rings (SSSR count). The molecule has 16 heavy (non-hydrogen) atoms. The van der Waals surface area contributed by atoms with E-state index in [1.165, 1.54) is 7.11 Å². The van der Waals surface area contributed by atoms with Crippen LogP contribution in [-0.2, 0) is 4.74 Å². The molecule has 4 heteroatoms. The molecule has 1 aromatic carbocycles. The van der Waals surface area contributed by atoms with Gasteiger partial charge in [-0.25, -0.2) is 4.79 Å². The molecule has 0 aromatic heterocycles. The number of benzene rings is 1. The standard InChI is InChI=1S/C12H15NO2S/c1-7-8(12(14)15-2)3-4-9-10(13)5-6-16-11(7)9/h3-4,10H,5-6,13H2,1-2H3. The van der Waals surface area contributed by atoms with Gasteiger partial charge in [-0.1, -0.05) is 6.07 Å². The van der Waals surface area contributed by atoms with E-state index in [2.05, 4.69) is 0 Å². The summed E-state index contributed by atoms with van der Waals surface area (Å²) in [6.45, 7) is 1.95. The minimum absolute atomic E-state index is 0.0987. The van der Waals surface area contributed by atoms with E-state index in [9.17, 15) is 4.79 Å². The number of hydrogen-bond acceptors (Lipinski definition) is 4. The second-order valence-electron chi connectivity index (χ2n) is 3.89. The number of thioether (sulfide) groups is 1. The minimum Gasteiger partial charge on any atom is -0.465 e. The lowest BCUT2D eigenvalue weighted by Crippen LogP contribution is -2.18. The fraction of sp³-hybridized carbons (Fsp3) is 0.417. The van der Waals surface area contributed by atoms with Crippen LogP contribution in [0.1, 0.15) is 33.9 Å². The van der Waals surface area contributed by atoms with Crippen molar-refractivity contribution in [2.75, 3.05) is 12.9 Å². The maximum absolute atomic E-state index is 11.5. The molecular weight excluding hydrogens is 222 g/mol. The highest BCUT2D eigenvalue weighted by molar-refractivity contribution is 7.99. The third-order valence-corrected chi connectivity index (χ3v) is 4.19. The number of fused-ring (bicyclic) bond motifs is 1. The first kappa shape index (κ1) is 11.5. The lowest BCUT2D eigenvalue weighted by molar-refractivity contribution is 0.0599. The van der Waals surface area contributed by atoms with Gasteiger partial charge in [0.05, 0.1) is 12.7 Å². The molecule has 3 nitrogen and oxygen atoms in total. The number of esters is 1. The van der Waals surface area contributed by atoms with Crippen molar-refractivity contribution in [1.82, 2.24) is 0 Å². The average Bonchev–Trinajstić information content (AvgIpc) is 2.30. The fourth-order valence-electron chi connectivity index (χ4n) is 1.97. The van der Waals surface area contributed by atoms with Crippen LogP contribution in [0.3, 0.4) is 0 Å². The van der Waals surface area contributed by atoms with E-state index in [0.717, 1.165) is 28.2 Å². The second kappa shape index (κ2) is 4.47. The second-order valence-corrected chi connectivity index (χ2v) is 5.00. The molecule has 0 bridgehead atoms. The molecule has 86 valence electrons. The van der Waals surface area contributed by atoms with E-state index in [0.29, 0.717) is 5.56 Å². The zero-order chi connectivity index (χ0) is 11.7. The van der Waals surface area contributed by atoms with Crippen LogP contribution in [0.25, 0.3) is 0 Å². The average molecular weight is 237 g/mol. The molecule has 1 aliphatic heterocycles. The number of carbonyl (C=O) groups excluding carboxylic acids is 1. The van der Waals surface area contributed by atoms with Crippen LogP contribution in [0.4, 0.5) is 0 Å². The molecule has 1 aromatic rings.